The summed E-state index contributed by atoms with van der Waals surface area (Å²) >= 11 is 0. The normalized spacial score (nSPS) is 15.2. The van der Waals surface area contributed by atoms with Gasteiger partial charge in [0, 0.05) is 18.8 Å². The quantitative estimate of drug-likeness (QED) is 0.615. The third-order valence-corrected chi connectivity index (χ3v) is 5.75. The zero-order valence-electron chi connectivity index (χ0n) is 19.6. The van der Waals surface area contributed by atoms with Gasteiger partial charge in [0.15, 0.2) is 0 Å². The van der Waals surface area contributed by atoms with Gasteiger partial charge in [0.1, 0.15) is 12.2 Å². The van der Waals surface area contributed by atoms with Gasteiger partial charge in [-0.3, -0.25) is 9.59 Å². The molecule has 33 heavy (non-hydrogen) atoms. The van der Waals surface area contributed by atoms with Crippen molar-refractivity contribution < 1.29 is 23.9 Å². The molecular formula is C25H31N3O5. The molecule has 2 amide bonds. The van der Waals surface area contributed by atoms with Crippen LogP contribution in [0.2, 0.25) is 0 Å². The van der Waals surface area contributed by atoms with Crippen molar-refractivity contribution in [3.05, 3.63) is 58.4 Å². The number of hydrogen-bond donors (Lipinski definition) is 1. The van der Waals surface area contributed by atoms with E-state index < -0.39 is 5.97 Å². The van der Waals surface area contributed by atoms with E-state index in [1.807, 2.05) is 32.0 Å². The number of carbonyl (C=O) groups excluding carboxylic acids is 3. The Balaban J connectivity index is 1.78. The number of aromatic nitrogens is 1. The standard InChI is InChI=1S/C25H31N3O5/c1-5-32-25(31)20-11-12-22(26-18(20)4)24(30)28(14-19-9-7-13-33-19)15-23(29)27-21-10-6-8-16(2)17(21)3/h6,8,10-12,19H,5,7,9,13-15H2,1-4H3,(H,27,29). The topological polar surface area (TPSA) is 97.8 Å². The van der Waals surface area contributed by atoms with Gasteiger partial charge in [-0.25, -0.2) is 9.78 Å². The number of aryl methyl sites for hydroxylation is 2. The van der Waals surface area contributed by atoms with Crippen LogP contribution in [0.25, 0.3) is 0 Å². The molecule has 2 aromatic rings. The minimum absolute atomic E-state index is 0.123. The number of nitrogens with one attached hydrogen (secondary N) is 1. The first-order chi connectivity index (χ1) is 15.8. The maximum Gasteiger partial charge on any atom is 0.339 e. The van der Waals surface area contributed by atoms with Crippen LogP contribution in [-0.4, -0.2) is 60.1 Å². The number of carbonyl (C=O) groups is 3. The monoisotopic (exact) mass is 453 g/mol. The van der Waals surface area contributed by atoms with Gasteiger partial charge in [0.25, 0.3) is 5.91 Å². The molecule has 1 aliphatic rings. The molecule has 1 aliphatic heterocycles. The van der Waals surface area contributed by atoms with Crippen LogP contribution < -0.4 is 5.32 Å². The van der Waals surface area contributed by atoms with Crippen LogP contribution in [0.15, 0.2) is 30.3 Å². The molecule has 1 N–H and O–H groups in total. The summed E-state index contributed by atoms with van der Waals surface area (Å²) in [6, 6.07) is 8.73. The van der Waals surface area contributed by atoms with Crippen molar-refractivity contribution >= 4 is 23.5 Å². The summed E-state index contributed by atoms with van der Waals surface area (Å²) in [5.74, 6) is -1.17. The second-order valence-corrected chi connectivity index (χ2v) is 8.17. The smallest absolute Gasteiger partial charge is 0.339 e. The Labute approximate surface area is 194 Å². The Bertz CT molecular complexity index is 1030. The van der Waals surface area contributed by atoms with E-state index in [9.17, 15) is 14.4 Å². The molecule has 1 atom stereocenters. The largest absolute Gasteiger partial charge is 0.462 e. The van der Waals surface area contributed by atoms with Gasteiger partial charge in [0.2, 0.25) is 5.91 Å². The average Bonchev–Trinajstić information content (AvgIpc) is 3.29. The average molecular weight is 454 g/mol. The lowest BCUT2D eigenvalue weighted by Gasteiger charge is -2.25. The minimum atomic E-state index is -0.481. The Morgan fingerprint density at radius 3 is 2.64 bits per heavy atom. The second-order valence-electron chi connectivity index (χ2n) is 8.17. The van der Waals surface area contributed by atoms with Crippen LogP contribution in [0, 0.1) is 20.8 Å². The minimum Gasteiger partial charge on any atom is -0.462 e. The van der Waals surface area contributed by atoms with E-state index >= 15 is 0 Å². The molecule has 2 heterocycles. The summed E-state index contributed by atoms with van der Waals surface area (Å²) in [6.45, 7) is 8.36. The van der Waals surface area contributed by atoms with Gasteiger partial charge in [-0.05, 0) is 69.9 Å². The van der Waals surface area contributed by atoms with Crippen LogP contribution in [-0.2, 0) is 14.3 Å². The molecular weight excluding hydrogens is 422 g/mol. The van der Waals surface area contributed by atoms with E-state index in [4.69, 9.17) is 9.47 Å². The first-order valence-electron chi connectivity index (χ1n) is 11.2. The highest BCUT2D eigenvalue weighted by atomic mass is 16.5. The second kappa shape index (κ2) is 11.0. The number of nitrogens with zero attached hydrogens (tertiary/aromatic N) is 2. The number of ether oxygens (including phenoxy) is 2. The zero-order valence-corrected chi connectivity index (χ0v) is 19.6. The highest BCUT2D eigenvalue weighted by molar-refractivity contribution is 5.99. The van der Waals surface area contributed by atoms with Gasteiger partial charge in [0.05, 0.1) is 24.0 Å². The predicted octanol–water partition coefficient (Wildman–Crippen LogP) is 3.44. The number of hydrogen-bond acceptors (Lipinski definition) is 6. The molecule has 0 saturated carbocycles. The highest BCUT2D eigenvalue weighted by Gasteiger charge is 2.27. The van der Waals surface area contributed by atoms with Crippen LogP contribution in [0.5, 0.6) is 0 Å². The fourth-order valence-electron chi connectivity index (χ4n) is 3.77. The highest BCUT2D eigenvalue weighted by Crippen LogP contribution is 2.19. The van der Waals surface area contributed by atoms with Crippen LogP contribution in [0.1, 0.15) is 57.4 Å². The molecule has 1 saturated heterocycles. The number of esters is 1. The number of benzene rings is 1. The van der Waals surface area contributed by atoms with Crippen molar-refractivity contribution in [2.45, 2.75) is 46.6 Å². The molecule has 1 unspecified atom stereocenters. The Morgan fingerprint density at radius 2 is 1.97 bits per heavy atom. The van der Waals surface area contributed by atoms with Crippen molar-refractivity contribution in [1.82, 2.24) is 9.88 Å². The van der Waals surface area contributed by atoms with Crippen molar-refractivity contribution in [2.75, 3.05) is 31.6 Å². The van der Waals surface area contributed by atoms with Crippen LogP contribution in [0.3, 0.4) is 0 Å². The molecule has 1 aromatic heterocycles. The summed E-state index contributed by atoms with van der Waals surface area (Å²) in [7, 11) is 0. The molecule has 0 radical (unpaired) electrons. The van der Waals surface area contributed by atoms with Crippen molar-refractivity contribution in [3.63, 3.8) is 0 Å². The van der Waals surface area contributed by atoms with E-state index in [1.165, 1.54) is 17.0 Å². The van der Waals surface area contributed by atoms with E-state index in [2.05, 4.69) is 10.3 Å². The maximum absolute atomic E-state index is 13.3. The predicted molar refractivity (Wildman–Crippen MR) is 124 cm³/mol. The fourth-order valence-corrected chi connectivity index (χ4v) is 3.77. The third-order valence-electron chi connectivity index (χ3n) is 5.75. The van der Waals surface area contributed by atoms with Gasteiger partial charge < -0.3 is 19.7 Å². The number of pyridine rings is 1. The first-order valence-corrected chi connectivity index (χ1v) is 11.2. The number of amides is 2. The summed E-state index contributed by atoms with van der Waals surface area (Å²) in [5, 5.41) is 2.91. The summed E-state index contributed by atoms with van der Waals surface area (Å²) in [5.41, 5.74) is 3.65. The molecule has 176 valence electrons. The Hall–Kier alpha value is -3.26. The third kappa shape index (κ3) is 6.16. The Morgan fingerprint density at radius 1 is 1.18 bits per heavy atom. The molecule has 0 bridgehead atoms. The van der Waals surface area contributed by atoms with Crippen LogP contribution in [0.4, 0.5) is 5.69 Å². The first kappa shape index (κ1) is 24.4. The molecule has 0 spiro atoms. The van der Waals surface area contributed by atoms with Crippen molar-refractivity contribution in [3.8, 4) is 0 Å². The molecule has 3 rings (SSSR count). The van der Waals surface area contributed by atoms with Crippen LogP contribution >= 0.6 is 0 Å². The SMILES string of the molecule is CCOC(=O)c1ccc(C(=O)N(CC(=O)Nc2cccc(C)c2C)CC2CCCO2)nc1C. The lowest BCUT2D eigenvalue weighted by molar-refractivity contribution is -0.117. The fraction of sp³-hybridized carbons (Fsp3) is 0.440. The molecule has 1 fully saturated rings. The van der Waals surface area contributed by atoms with Gasteiger partial charge in [-0.15, -0.1) is 0 Å². The van der Waals surface area contributed by atoms with Gasteiger partial charge >= 0.3 is 5.97 Å². The van der Waals surface area contributed by atoms with Gasteiger partial charge in [-0.1, -0.05) is 12.1 Å². The van der Waals surface area contributed by atoms with Crippen molar-refractivity contribution in [2.24, 2.45) is 0 Å². The molecule has 1 aromatic carbocycles. The number of rotatable bonds is 8. The lowest BCUT2D eigenvalue weighted by Crippen LogP contribution is -2.42. The van der Waals surface area contributed by atoms with E-state index in [-0.39, 0.29) is 36.8 Å². The van der Waals surface area contributed by atoms with Crippen molar-refractivity contribution in [1.29, 1.82) is 0 Å². The van der Waals surface area contributed by atoms with E-state index in [0.717, 1.165) is 29.7 Å². The molecule has 8 heteroatoms. The molecule has 8 nitrogen and oxygen atoms in total. The molecule has 0 aliphatic carbocycles. The zero-order chi connectivity index (χ0) is 24.0. The number of anilines is 1. The lowest BCUT2D eigenvalue weighted by atomic mass is 10.1. The van der Waals surface area contributed by atoms with E-state index in [1.54, 1.807) is 13.8 Å². The van der Waals surface area contributed by atoms with Gasteiger partial charge in [-0.2, -0.15) is 0 Å². The van der Waals surface area contributed by atoms with E-state index in [0.29, 0.717) is 24.4 Å². The summed E-state index contributed by atoms with van der Waals surface area (Å²) in [6.07, 6.45) is 1.63. The Kier molecular flexibility index (Phi) is 8.16. The summed E-state index contributed by atoms with van der Waals surface area (Å²) in [4.78, 5) is 44.0. The maximum atomic E-state index is 13.3. The summed E-state index contributed by atoms with van der Waals surface area (Å²) < 4.78 is 10.7.